The topological polar surface area (TPSA) is 112 Å². The minimum atomic E-state index is -0.240. The lowest BCUT2D eigenvalue weighted by molar-refractivity contribution is 0.415. The molecule has 0 amide bonds. The average molecular weight is 429 g/mol. The van der Waals surface area contributed by atoms with Gasteiger partial charge >= 0.3 is 0 Å². The number of benzene rings is 2. The summed E-state index contributed by atoms with van der Waals surface area (Å²) in [7, 11) is 1.62. The van der Waals surface area contributed by atoms with Crippen molar-refractivity contribution in [1.82, 2.24) is 25.5 Å². The maximum atomic E-state index is 13.0. The van der Waals surface area contributed by atoms with Gasteiger partial charge in [-0.3, -0.25) is 5.10 Å². The van der Waals surface area contributed by atoms with Gasteiger partial charge in [-0.2, -0.15) is 10.4 Å². The molecule has 0 radical (unpaired) electrons. The van der Waals surface area contributed by atoms with Gasteiger partial charge in [-0.25, -0.2) is 14.4 Å². The molecule has 0 spiro atoms. The molecule has 2 aromatic carbocycles. The number of rotatable bonds is 8. The predicted molar refractivity (Wildman–Crippen MR) is 118 cm³/mol. The van der Waals surface area contributed by atoms with E-state index >= 15 is 0 Å². The number of halogens is 1. The Morgan fingerprint density at radius 3 is 2.50 bits per heavy atom. The van der Waals surface area contributed by atoms with Gasteiger partial charge in [-0.1, -0.05) is 18.2 Å². The SMILES string of the molecule is COc1cc(CNCc2ccc(F)cc2)ccc1-c1cc(Nc2cnc(C#N)cn2)n[nH]1. The smallest absolute Gasteiger partial charge is 0.158 e. The highest BCUT2D eigenvalue weighted by Gasteiger charge is 2.11. The number of ether oxygens (including phenoxy) is 1. The van der Waals surface area contributed by atoms with E-state index in [4.69, 9.17) is 10.00 Å². The molecule has 0 aliphatic carbocycles. The van der Waals surface area contributed by atoms with Crippen molar-refractivity contribution in [2.75, 3.05) is 12.4 Å². The fourth-order valence-corrected chi connectivity index (χ4v) is 3.13. The quantitative estimate of drug-likeness (QED) is 0.389. The van der Waals surface area contributed by atoms with Crippen LogP contribution in [0, 0.1) is 17.1 Å². The molecule has 0 atom stereocenters. The molecule has 160 valence electrons. The van der Waals surface area contributed by atoms with Gasteiger partial charge in [0.1, 0.15) is 23.5 Å². The first kappa shape index (κ1) is 21.0. The lowest BCUT2D eigenvalue weighted by atomic mass is 10.1. The summed E-state index contributed by atoms with van der Waals surface area (Å²) in [5.74, 6) is 1.51. The molecular weight excluding hydrogens is 409 g/mol. The zero-order valence-electron chi connectivity index (χ0n) is 17.3. The third-order valence-corrected chi connectivity index (χ3v) is 4.73. The summed E-state index contributed by atoms with van der Waals surface area (Å²) in [5, 5.41) is 22.4. The molecule has 9 heteroatoms. The molecule has 0 aliphatic rings. The van der Waals surface area contributed by atoms with Gasteiger partial charge in [0.25, 0.3) is 0 Å². The van der Waals surface area contributed by atoms with Gasteiger partial charge in [0.05, 0.1) is 25.2 Å². The summed E-state index contributed by atoms with van der Waals surface area (Å²) in [6.07, 6.45) is 2.86. The molecule has 0 bridgehead atoms. The number of hydrogen-bond donors (Lipinski definition) is 3. The molecule has 0 fully saturated rings. The Hall–Kier alpha value is -4.29. The summed E-state index contributed by atoms with van der Waals surface area (Å²) in [6, 6.07) is 16.1. The molecule has 0 saturated carbocycles. The van der Waals surface area contributed by atoms with E-state index in [2.05, 4.69) is 30.8 Å². The Bertz CT molecular complexity index is 1230. The van der Waals surface area contributed by atoms with E-state index in [0.717, 1.165) is 22.4 Å². The van der Waals surface area contributed by atoms with Crippen molar-refractivity contribution in [3.8, 4) is 23.1 Å². The van der Waals surface area contributed by atoms with Crippen molar-refractivity contribution < 1.29 is 9.13 Å². The molecule has 0 saturated heterocycles. The number of H-pyrrole nitrogens is 1. The maximum absolute atomic E-state index is 13.0. The zero-order valence-corrected chi connectivity index (χ0v) is 17.3. The second-order valence-corrected chi connectivity index (χ2v) is 6.96. The summed E-state index contributed by atoms with van der Waals surface area (Å²) in [6.45, 7) is 1.28. The first-order valence-corrected chi connectivity index (χ1v) is 9.81. The highest BCUT2D eigenvalue weighted by Crippen LogP contribution is 2.31. The molecular formula is C23H20FN7O. The largest absolute Gasteiger partial charge is 0.496 e. The summed E-state index contributed by atoms with van der Waals surface area (Å²) in [4.78, 5) is 8.10. The van der Waals surface area contributed by atoms with Crippen LogP contribution >= 0.6 is 0 Å². The maximum Gasteiger partial charge on any atom is 0.158 e. The normalized spacial score (nSPS) is 10.5. The Morgan fingerprint density at radius 2 is 1.78 bits per heavy atom. The van der Waals surface area contributed by atoms with E-state index in [1.807, 2.05) is 30.3 Å². The van der Waals surface area contributed by atoms with Crippen molar-refractivity contribution in [3.05, 3.63) is 83.6 Å². The first-order valence-electron chi connectivity index (χ1n) is 9.81. The van der Waals surface area contributed by atoms with Crippen LogP contribution in [0.25, 0.3) is 11.3 Å². The standard InChI is InChI=1S/C23H20FN7O/c1-32-21-8-16(12-26-11-15-2-5-17(24)6-3-15)4-7-19(21)20-9-22(31-30-20)29-23-14-27-18(10-25)13-28-23/h2-9,13-14,26H,11-12H2,1H3,(H2,28,29,30,31). The Labute approximate surface area is 184 Å². The van der Waals surface area contributed by atoms with Crippen LogP contribution in [0.1, 0.15) is 16.8 Å². The highest BCUT2D eigenvalue weighted by atomic mass is 19.1. The molecule has 2 heterocycles. The number of aromatic amines is 1. The molecule has 2 aromatic heterocycles. The van der Waals surface area contributed by atoms with Crippen molar-refractivity contribution >= 4 is 11.6 Å². The van der Waals surface area contributed by atoms with Crippen LogP contribution < -0.4 is 15.4 Å². The summed E-state index contributed by atoms with van der Waals surface area (Å²) >= 11 is 0. The number of nitrogens with zero attached hydrogens (tertiary/aromatic N) is 4. The van der Waals surface area contributed by atoms with Gasteiger partial charge < -0.3 is 15.4 Å². The van der Waals surface area contributed by atoms with Crippen LogP contribution in [-0.2, 0) is 13.1 Å². The number of nitriles is 1. The van der Waals surface area contributed by atoms with E-state index in [9.17, 15) is 4.39 Å². The highest BCUT2D eigenvalue weighted by molar-refractivity contribution is 5.71. The van der Waals surface area contributed by atoms with Crippen LogP contribution in [0.2, 0.25) is 0 Å². The van der Waals surface area contributed by atoms with Gasteiger partial charge in [-0.15, -0.1) is 0 Å². The van der Waals surface area contributed by atoms with Gasteiger partial charge in [-0.05, 0) is 35.4 Å². The van der Waals surface area contributed by atoms with Gasteiger partial charge in [0, 0.05) is 24.7 Å². The predicted octanol–water partition coefficient (Wildman–Crippen LogP) is 3.92. The molecule has 32 heavy (non-hydrogen) atoms. The fraction of sp³-hybridized carbons (Fsp3) is 0.130. The molecule has 3 N–H and O–H groups in total. The van der Waals surface area contributed by atoms with Crippen LogP contribution in [0.5, 0.6) is 5.75 Å². The fourth-order valence-electron chi connectivity index (χ4n) is 3.13. The van der Waals surface area contributed by atoms with E-state index in [1.165, 1.54) is 24.5 Å². The third kappa shape index (κ3) is 5.06. The van der Waals surface area contributed by atoms with Crippen molar-refractivity contribution in [1.29, 1.82) is 5.26 Å². The number of anilines is 2. The molecule has 4 aromatic rings. The molecule has 0 aliphatic heterocycles. The second-order valence-electron chi connectivity index (χ2n) is 6.96. The lowest BCUT2D eigenvalue weighted by Crippen LogP contribution is -2.12. The molecule has 0 unspecified atom stereocenters. The van der Waals surface area contributed by atoms with Crippen LogP contribution in [-0.4, -0.2) is 27.3 Å². The van der Waals surface area contributed by atoms with Crippen molar-refractivity contribution in [2.24, 2.45) is 0 Å². The summed E-state index contributed by atoms with van der Waals surface area (Å²) in [5.41, 5.74) is 3.95. The number of methoxy groups -OCH3 is 1. The van der Waals surface area contributed by atoms with Crippen molar-refractivity contribution in [3.63, 3.8) is 0 Å². The Balaban J connectivity index is 1.42. The zero-order chi connectivity index (χ0) is 22.3. The minimum Gasteiger partial charge on any atom is -0.496 e. The Morgan fingerprint density at radius 1 is 1.00 bits per heavy atom. The average Bonchev–Trinajstić information content (AvgIpc) is 3.29. The molecule has 4 rings (SSSR count). The monoisotopic (exact) mass is 429 g/mol. The second kappa shape index (κ2) is 9.68. The Kier molecular flexibility index (Phi) is 6.34. The van der Waals surface area contributed by atoms with Crippen LogP contribution in [0.3, 0.4) is 0 Å². The van der Waals surface area contributed by atoms with E-state index in [0.29, 0.717) is 30.5 Å². The number of hydrogen-bond acceptors (Lipinski definition) is 7. The van der Waals surface area contributed by atoms with Crippen LogP contribution in [0.4, 0.5) is 16.0 Å². The van der Waals surface area contributed by atoms with E-state index in [1.54, 1.807) is 19.2 Å². The minimum absolute atomic E-state index is 0.240. The molecule has 8 nitrogen and oxygen atoms in total. The van der Waals surface area contributed by atoms with Gasteiger partial charge in [0.15, 0.2) is 11.5 Å². The first-order chi connectivity index (χ1) is 15.6. The van der Waals surface area contributed by atoms with E-state index < -0.39 is 0 Å². The lowest BCUT2D eigenvalue weighted by Gasteiger charge is -2.10. The van der Waals surface area contributed by atoms with Crippen molar-refractivity contribution in [2.45, 2.75) is 13.1 Å². The van der Waals surface area contributed by atoms with Crippen LogP contribution in [0.15, 0.2) is 60.9 Å². The van der Waals surface area contributed by atoms with Gasteiger partial charge in [0.2, 0.25) is 0 Å². The number of aromatic nitrogens is 4. The number of nitrogens with one attached hydrogen (secondary N) is 3. The summed E-state index contributed by atoms with van der Waals surface area (Å²) < 4.78 is 18.6. The van der Waals surface area contributed by atoms with E-state index in [-0.39, 0.29) is 11.5 Å². The third-order valence-electron chi connectivity index (χ3n) is 4.73.